The molecule has 1 fully saturated rings. The first kappa shape index (κ1) is 10.6. The zero-order valence-electron chi connectivity index (χ0n) is 8.31. The molecule has 1 aromatic rings. The monoisotopic (exact) mass is 223 g/mol. The maximum atomic E-state index is 13.0. The fourth-order valence-electron chi connectivity index (χ4n) is 1.90. The predicted octanol–water partition coefficient (Wildman–Crippen LogP) is 1.09. The average molecular weight is 223 g/mol. The lowest BCUT2D eigenvalue weighted by molar-refractivity contribution is -0.142. The van der Waals surface area contributed by atoms with Crippen molar-refractivity contribution in [2.45, 2.75) is 12.5 Å². The zero-order valence-corrected chi connectivity index (χ0v) is 8.31. The van der Waals surface area contributed by atoms with Crippen LogP contribution < -0.4 is 5.32 Å². The molecule has 0 aromatic heterocycles. The molecule has 1 aromatic carbocycles. The molecule has 5 heteroatoms. The number of rotatable bonds is 2. The van der Waals surface area contributed by atoms with Crippen molar-refractivity contribution in [1.82, 2.24) is 5.32 Å². The second kappa shape index (κ2) is 3.92. The lowest BCUT2D eigenvalue weighted by Crippen LogP contribution is -2.24. The summed E-state index contributed by atoms with van der Waals surface area (Å²) in [5, 5.41) is 11.5. The van der Waals surface area contributed by atoms with Gasteiger partial charge in [0.2, 0.25) is 5.91 Å². The van der Waals surface area contributed by atoms with Gasteiger partial charge in [0.1, 0.15) is 5.82 Å². The first-order valence-electron chi connectivity index (χ1n) is 4.85. The van der Waals surface area contributed by atoms with Gasteiger partial charge in [-0.05, 0) is 17.7 Å². The van der Waals surface area contributed by atoms with Crippen molar-refractivity contribution in [2.75, 3.05) is 0 Å². The van der Waals surface area contributed by atoms with Gasteiger partial charge in [0.05, 0.1) is 12.0 Å². The van der Waals surface area contributed by atoms with Crippen molar-refractivity contribution in [3.05, 3.63) is 35.6 Å². The van der Waals surface area contributed by atoms with Crippen LogP contribution in [0.5, 0.6) is 0 Å². The molecule has 1 saturated heterocycles. The van der Waals surface area contributed by atoms with Crippen LogP contribution in [0.25, 0.3) is 0 Å². The van der Waals surface area contributed by atoms with Crippen LogP contribution in [0.4, 0.5) is 4.39 Å². The minimum atomic E-state index is -1.05. The largest absolute Gasteiger partial charge is 0.481 e. The highest BCUT2D eigenvalue weighted by Crippen LogP contribution is 2.30. The Balaban J connectivity index is 2.32. The third kappa shape index (κ3) is 1.88. The molecule has 1 aliphatic rings. The predicted molar refractivity (Wildman–Crippen MR) is 53.0 cm³/mol. The van der Waals surface area contributed by atoms with Crippen LogP contribution in [0, 0.1) is 11.7 Å². The number of benzene rings is 1. The Bertz CT molecular complexity index is 447. The lowest BCUT2D eigenvalue weighted by atomic mass is 9.94. The number of carboxylic acid groups (broad SMARTS) is 1. The van der Waals surface area contributed by atoms with Crippen LogP contribution >= 0.6 is 0 Å². The van der Waals surface area contributed by atoms with Crippen LogP contribution in [0.3, 0.4) is 0 Å². The molecule has 1 heterocycles. The van der Waals surface area contributed by atoms with Crippen molar-refractivity contribution in [3.8, 4) is 0 Å². The quantitative estimate of drug-likeness (QED) is 0.788. The van der Waals surface area contributed by atoms with Gasteiger partial charge < -0.3 is 10.4 Å². The second-order valence-electron chi connectivity index (χ2n) is 3.75. The molecule has 0 saturated carbocycles. The van der Waals surface area contributed by atoms with Gasteiger partial charge in [0, 0.05) is 6.42 Å². The van der Waals surface area contributed by atoms with Crippen LogP contribution in [-0.4, -0.2) is 17.0 Å². The Morgan fingerprint density at radius 2 is 2.25 bits per heavy atom. The highest BCUT2D eigenvalue weighted by atomic mass is 19.1. The van der Waals surface area contributed by atoms with E-state index in [1.807, 2.05) is 0 Å². The smallest absolute Gasteiger partial charge is 0.309 e. The molecule has 0 unspecified atom stereocenters. The summed E-state index contributed by atoms with van der Waals surface area (Å²) in [6, 6.07) is 4.98. The number of amides is 1. The fourth-order valence-corrected chi connectivity index (χ4v) is 1.90. The maximum Gasteiger partial charge on any atom is 0.309 e. The van der Waals surface area contributed by atoms with Gasteiger partial charge in [-0.2, -0.15) is 0 Å². The third-order valence-electron chi connectivity index (χ3n) is 2.65. The third-order valence-corrected chi connectivity index (χ3v) is 2.65. The van der Waals surface area contributed by atoms with E-state index in [4.69, 9.17) is 5.11 Å². The molecule has 16 heavy (non-hydrogen) atoms. The minimum absolute atomic E-state index is 0.0590. The Hall–Kier alpha value is -1.91. The lowest BCUT2D eigenvalue weighted by Gasteiger charge is -2.15. The highest BCUT2D eigenvalue weighted by Gasteiger charge is 2.38. The number of aliphatic carboxylic acids is 1. The summed E-state index contributed by atoms with van der Waals surface area (Å²) < 4.78 is 13.0. The fraction of sp³-hybridized carbons (Fsp3) is 0.273. The molecule has 1 amide bonds. The van der Waals surface area contributed by atoms with E-state index < -0.39 is 23.7 Å². The molecular weight excluding hydrogens is 213 g/mol. The van der Waals surface area contributed by atoms with Crippen LogP contribution in [0.15, 0.2) is 24.3 Å². The van der Waals surface area contributed by atoms with Crippen molar-refractivity contribution in [3.63, 3.8) is 0 Å². The van der Waals surface area contributed by atoms with E-state index in [1.54, 1.807) is 6.07 Å². The standard InChI is InChI=1S/C11H10FNO3/c12-7-3-1-2-6(4-7)10-8(11(15)16)5-9(14)13-10/h1-4,8,10H,5H2,(H,13,14)(H,15,16)/t8-,10+/m1/s1. The summed E-state index contributed by atoms with van der Waals surface area (Å²) in [6.45, 7) is 0. The van der Waals surface area contributed by atoms with E-state index in [9.17, 15) is 14.0 Å². The summed E-state index contributed by atoms with van der Waals surface area (Å²) in [7, 11) is 0. The van der Waals surface area contributed by atoms with Crippen molar-refractivity contribution in [2.24, 2.45) is 5.92 Å². The number of carboxylic acids is 1. The van der Waals surface area contributed by atoms with E-state index in [2.05, 4.69) is 5.32 Å². The first-order valence-corrected chi connectivity index (χ1v) is 4.85. The van der Waals surface area contributed by atoms with E-state index in [0.717, 1.165) is 0 Å². The molecule has 0 bridgehead atoms. The molecule has 4 nitrogen and oxygen atoms in total. The minimum Gasteiger partial charge on any atom is -0.481 e. The summed E-state index contributed by atoms with van der Waals surface area (Å²) in [6.07, 6.45) is -0.0590. The van der Waals surface area contributed by atoms with E-state index in [0.29, 0.717) is 5.56 Å². The molecule has 84 valence electrons. The highest BCUT2D eigenvalue weighted by molar-refractivity contribution is 5.87. The Kier molecular flexibility index (Phi) is 2.60. The van der Waals surface area contributed by atoms with Crippen molar-refractivity contribution < 1.29 is 19.1 Å². The van der Waals surface area contributed by atoms with Crippen molar-refractivity contribution >= 4 is 11.9 Å². The van der Waals surface area contributed by atoms with E-state index in [1.165, 1.54) is 18.2 Å². The Labute approximate surface area is 91.1 Å². The van der Waals surface area contributed by atoms with Crippen LogP contribution in [-0.2, 0) is 9.59 Å². The van der Waals surface area contributed by atoms with Gasteiger partial charge in [0.25, 0.3) is 0 Å². The summed E-state index contributed by atoms with van der Waals surface area (Å²) in [5.41, 5.74) is 0.484. The Morgan fingerprint density at radius 1 is 1.50 bits per heavy atom. The van der Waals surface area contributed by atoms with Crippen LogP contribution in [0.1, 0.15) is 18.0 Å². The van der Waals surface area contributed by atoms with Crippen molar-refractivity contribution in [1.29, 1.82) is 0 Å². The van der Waals surface area contributed by atoms with Gasteiger partial charge >= 0.3 is 5.97 Å². The number of carbonyl (C=O) groups excluding carboxylic acids is 1. The maximum absolute atomic E-state index is 13.0. The number of hydrogen-bond acceptors (Lipinski definition) is 2. The first-order chi connectivity index (χ1) is 7.58. The summed E-state index contributed by atoms with van der Waals surface area (Å²) in [4.78, 5) is 22.1. The molecule has 0 radical (unpaired) electrons. The SMILES string of the molecule is O=C1C[C@@H](C(=O)O)[C@H](c2cccc(F)c2)N1. The second-order valence-corrected chi connectivity index (χ2v) is 3.75. The van der Waals surface area contributed by atoms with Gasteiger partial charge in [-0.1, -0.05) is 12.1 Å². The van der Waals surface area contributed by atoms with Gasteiger partial charge in [0.15, 0.2) is 0 Å². The van der Waals surface area contributed by atoms with Gasteiger partial charge in [-0.3, -0.25) is 9.59 Å². The number of hydrogen-bond donors (Lipinski definition) is 2. The molecule has 0 spiro atoms. The topological polar surface area (TPSA) is 66.4 Å². The number of carbonyl (C=O) groups is 2. The summed E-state index contributed by atoms with van der Waals surface area (Å²) >= 11 is 0. The summed E-state index contributed by atoms with van der Waals surface area (Å²) in [5.74, 6) is -2.63. The molecule has 2 atom stereocenters. The molecule has 2 N–H and O–H groups in total. The van der Waals surface area contributed by atoms with E-state index >= 15 is 0 Å². The molecule has 0 aliphatic carbocycles. The van der Waals surface area contributed by atoms with Crippen LogP contribution in [0.2, 0.25) is 0 Å². The zero-order chi connectivity index (χ0) is 11.7. The van der Waals surface area contributed by atoms with Gasteiger partial charge in [-0.15, -0.1) is 0 Å². The average Bonchev–Trinajstić information content (AvgIpc) is 2.60. The normalized spacial score (nSPS) is 24.2. The molecule has 2 rings (SSSR count). The number of nitrogens with one attached hydrogen (secondary N) is 1. The number of halogens is 1. The Morgan fingerprint density at radius 3 is 2.88 bits per heavy atom. The van der Waals surface area contributed by atoms with E-state index in [-0.39, 0.29) is 12.3 Å². The molecular formula is C11H10FNO3. The molecule has 1 aliphatic heterocycles. The van der Waals surface area contributed by atoms with Gasteiger partial charge in [-0.25, -0.2) is 4.39 Å².